The summed E-state index contributed by atoms with van der Waals surface area (Å²) in [6.45, 7) is 4.21. The van der Waals surface area contributed by atoms with Crippen molar-refractivity contribution in [2.45, 2.75) is 25.2 Å². The molecule has 0 fully saturated rings. The molecule has 0 atom stereocenters. The molecular weight excluding hydrogens is 332 g/mol. The van der Waals surface area contributed by atoms with Gasteiger partial charge in [-0.25, -0.2) is 9.67 Å². The van der Waals surface area contributed by atoms with Crippen LogP contribution in [0.1, 0.15) is 17.5 Å². The number of rotatable bonds is 6. The summed E-state index contributed by atoms with van der Waals surface area (Å²) in [4.78, 5) is 17.4. The van der Waals surface area contributed by atoms with E-state index < -0.39 is 0 Å². The molecule has 1 N–H and O–H groups in total. The fraction of sp³-hybridized carbons (Fsp3) is 0.211. The Kier molecular flexibility index (Phi) is 5.50. The van der Waals surface area contributed by atoms with Crippen LogP contribution in [0.4, 0.5) is 5.69 Å². The van der Waals surface area contributed by atoms with Crippen LogP contribution in [0.2, 0.25) is 0 Å². The van der Waals surface area contributed by atoms with Gasteiger partial charge >= 0.3 is 0 Å². The smallest absolute Gasteiger partial charge is 0.225 e. The van der Waals surface area contributed by atoms with Crippen LogP contribution in [0.25, 0.3) is 5.69 Å². The summed E-state index contributed by atoms with van der Waals surface area (Å²) < 4.78 is 1.64. The van der Waals surface area contributed by atoms with E-state index in [1.807, 2.05) is 24.3 Å². The Balaban J connectivity index is 1.57. The predicted molar refractivity (Wildman–Crippen MR) is 101 cm³/mol. The van der Waals surface area contributed by atoms with Gasteiger partial charge in [-0.2, -0.15) is 5.10 Å². The minimum atomic E-state index is -0.0103. The molecule has 0 aliphatic carbocycles. The molecule has 0 aliphatic rings. The molecule has 1 heterocycles. The van der Waals surface area contributed by atoms with Gasteiger partial charge in [0.05, 0.1) is 11.4 Å². The maximum absolute atomic E-state index is 12.3. The Bertz CT molecular complexity index is 862. The minimum Gasteiger partial charge on any atom is -0.324 e. The number of amides is 1. The first-order valence-corrected chi connectivity index (χ1v) is 9.06. The standard InChI is InChI=1S/C19H20N4OS/c1-14-7-8-16(11-15(14)2)25-10-9-19(24)22-17-5-3-4-6-18(17)23-13-20-12-21-23/h3-8,11-13H,9-10H2,1-2H3,(H,22,24). The first-order chi connectivity index (χ1) is 12.1. The molecule has 6 heteroatoms. The van der Waals surface area contributed by atoms with E-state index in [1.54, 1.807) is 22.8 Å². The van der Waals surface area contributed by atoms with Crippen molar-refractivity contribution in [3.8, 4) is 5.69 Å². The Morgan fingerprint density at radius 2 is 2.00 bits per heavy atom. The maximum Gasteiger partial charge on any atom is 0.225 e. The third-order valence-corrected chi connectivity index (χ3v) is 4.92. The van der Waals surface area contributed by atoms with Gasteiger partial charge in [0.2, 0.25) is 5.91 Å². The number of nitrogens with one attached hydrogen (secondary N) is 1. The predicted octanol–water partition coefficient (Wildman–Crippen LogP) is 4.01. The number of carbonyl (C=O) groups excluding carboxylic acids is 1. The van der Waals surface area contributed by atoms with Gasteiger partial charge in [0.1, 0.15) is 12.7 Å². The van der Waals surface area contributed by atoms with Gasteiger partial charge in [0, 0.05) is 17.1 Å². The van der Waals surface area contributed by atoms with Crippen LogP contribution in [-0.4, -0.2) is 26.4 Å². The van der Waals surface area contributed by atoms with Crippen molar-refractivity contribution in [1.82, 2.24) is 14.8 Å². The number of thioether (sulfide) groups is 1. The summed E-state index contributed by atoms with van der Waals surface area (Å²) >= 11 is 1.70. The molecule has 5 nitrogen and oxygen atoms in total. The molecule has 128 valence electrons. The number of para-hydroxylation sites is 2. The van der Waals surface area contributed by atoms with Crippen molar-refractivity contribution in [2.24, 2.45) is 0 Å². The number of aryl methyl sites for hydroxylation is 2. The maximum atomic E-state index is 12.3. The molecule has 0 aliphatic heterocycles. The molecule has 0 bridgehead atoms. The molecule has 0 saturated carbocycles. The summed E-state index contributed by atoms with van der Waals surface area (Å²) in [5.41, 5.74) is 4.09. The second-order valence-electron chi connectivity index (χ2n) is 5.75. The van der Waals surface area contributed by atoms with Crippen LogP contribution in [0.15, 0.2) is 60.0 Å². The second kappa shape index (κ2) is 7.98. The van der Waals surface area contributed by atoms with E-state index in [2.05, 4.69) is 47.4 Å². The Hall–Kier alpha value is -2.60. The molecule has 0 saturated heterocycles. The molecule has 0 radical (unpaired) electrons. The molecule has 3 rings (SSSR count). The van der Waals surface area contributed by atoms with Crippen molar-refractivity contribution < 1.29 is 4.79 Å². The largest absolute Gasteiger partial charge is 0.324 e. The zero-order chi connectivity index (χ0) is 17.6. The van der Waals surface area contributed by atoms with E-state index in [9.17, 15) is 4.79 Å². The van der Waals surface area contributed by atoms with Gasteiger partial charge in [-0.1, -0.05) is 18.2 Å². The number of anilines is 1. The lowest BCUT2D eigenvalue weighted by Crippen LogP contribution is -2.14. The Morgan fingerprint density at radius 1 is 1.16 bits per heavy atom. The third-order valence-electron chi connectivity index (χ3n) is 3.92. The minimum absolute atomic E-state index is 0.0103. The highest BCUT2D eigenvalue weighted by molar-refractivity contribution is 7.99. The van der Waals surface area contributed by atoms with Crippen molar-refractivity contribution in [3.63, 3.8) is 0 Å². The van der Waals surface area contributed by atoms with Crippen molar-refractivity contribution in [2.75, 3.05) is 11.1 Å². The van der Waals surface area contributed by atoms with E-state index >= 15 is 0 Å². The number of benzene rings is 2. The van der Waals surface area contributed by atoms with Gasteiger partial charge in [0.25, 0.3) is 0 Å². The molecule has 2 aromatic carbocycles. The van der Waals surface area contributed by atoms with Crippen molar-refractivity contribution in [1.29, 1.82) is 0 Å². The van der Waals surface area contributed by atoms with E-state index in [-0.39, 0.29) is 5.91 Å². The summed E-state index contributed by atoms with van der Waals surface area (Å²) in [5, 5.41) is 7.09. The lowest BCUT2D eigenvalue weighted by molar-refractivity contribution is -0.115. The molecule has 1 aromatic heterocycles. The van der Waals surface area contributed by atoms with E-state index in [0.717, 1.165) is 17.1 Å². The summed E-state index contributed by atoms with van der Waals surface area (Å²) in [6, 6.07) is 13.9. The van der Waals surface area contributed by atoms with Crippen molar-refractivity contribution >= 4 is 23.4 Å². The first-order valence-electron chi connectivity index (χ1n) is 8.07. The van der Waals surface area contributed by atoms with E-state index in [1.165, 1.54) is 22.3 Å². The fourth-order valence-corrected chi connectivity index (χ4v) is 3.34. The molecule has 3 aromatic rings. The topological polar surface area (TPSA) is 59.8 Å². The lowest BCUT2D eigenvalue weighted by atomic mass is 10.1. The van der Waals surface area contributed by atoms with Gasteiger partial charge in [0.15, 0.2) is 0 Å². The zero-order valence-electron chi connectivity index (χ0n) is 14.3. The number of aromatic nitrogens is 3. The Morgan fingerprint density at radius 3 is 2.76 bits per heavy atom. The SMILES string of the molecule is Cc1ccc(SCCC(=O)Nc2ccccc2-n2cncn2)cc1C. The average molecular weight is 352 g/mol. The fourth-order valence-electron chi connectivity index (χ4n) is 2.39. The first kappa shape index (κ1) is 17.2. The highest BCUT2D eigenvalue weighted by atomic mass is 32.2. The quantitative estimate of drug-likeness (QED) is 0.681. The van der Waals surface area contributed by atoms with Crippen LogP contribution in [0.5, 0.6) is 0 Å². The average Bonchev–Trinajstić information content (AvgIpc) is 3.13. The summed E-state index contributed by atoms with van der Waals surface area (Å²) in [7, 11) is 0. The molecule has 0 unspecified atom stereocenters. The van der Waals surface area contributed by atoms with Crippen molar-refractivity contribution in [3.05, 3.63) is 66.2 Å². The molecule has 1 amide bonds. The molecular formula is C19H20N4OS. The normalized spacial score (nSPS) is 10.6. The number of nitrogens with zero attached hydrogens (tertiary/aromatic N) is 3. The third kappa shape index (κ3) is 4.48. The lowest BCUT2D eigenvalue weighted by Gasteiger charge is -2.10. The van der Waals surface area contributed by atoms with Gasteiger partial charge < -0.3 is 5.32 Å². The van der Waals surface area contributed by atoms with Crippen LogP contribution < -0.4 is 5.32 Å². The zero-order valence-corrected chi connectivity index (χ0v) is 15.1. The van der Waals surface area contributed by atoms with Crippen LogP contribution in [-0.2, 0) is 4.79 Å². The summed E-state index contributed by atoms with van der Waals surface area (Å²) in [6.07, 6.45) is 3.53. The Labute approximate surface area is 151 Å². The van der Waals surface area contributed by atoms with Gasteiger partial charge in [-0.05, 0) is 49.2 Å². The molecule has 25 heavy (non-hydrogen) atoms. The van der Waals surface area contributed by atoms with E-state index in [4.69, 9.17) is 0 Å². The molecule has 0 spiro atoms. The second-order valence-corrected chi connectivity index (χ2v) is 6.92. The summed E-state index contributed by atoms with van der Waals surface area (Å²) in [5.74, 6) is 0.726. The monoisotopic (exact) mass is 352 g/mol. The van der Waals surface area contributed by atoms with Gasteiger partial charge in [-0.3, -0.25) is 4.79 Å². The van der Waals surface area contributed by atoms with Crippen LogP contribution >= 0.6 is 11.8 Å². The number of hydrogen-bond acceptors (Lipinski definition) is 4. The van der Waals surface area contributed by atoms with E-state index in [0.29, 0.717) is 6.42 Å². The number of carbonyl (C=O) groups is 1. The van der Waals surface area contributed by atoms with Crippen LogP contribution in [0, 0.1) is 13.8 Å². The van der Waals surface area contributed by atoms with Gasteiger partial charge in [-0.15, -0.1) is 11.8 Å². The highest BCUT2D eigenvalue weighted by Crippen LogP contribution is 2.23. The number of hydrogen-bond donors (Lipinski definition) is 1. The van der Waals surface area contributed by atoms with Crippen LogP contribution in [0.3, 0.4) is 0 Å². The highest BCUT2D eigenvalue weighted by Gasteiger charge is 2.09.